The monoisotopic (exact) mass is 350 g/mol. The number of benzene rings is 2. The molecule has 2 heteroatoms. The van der Waals surface area contributed by atoms with Crippen LogP contribution in [0.25, 0.3) is 0 Å². The van der Waals surface area contributed by atoms with Gasteiger partial charge in [-0.2, -0.15) is 0 Å². The summed E-state index contributed by atoms with van der Waals surface area (Å²) in [6, 6.07) is 18.9. The van der Waals surface area contributed by atoms with E-state index in [0.29, 0.717) is 0 Å². The van der Waals surface area contributed by atoms with Gasteiger partial charge in [-0.15, -0.1) is 0 Å². The molecule has 0 heterocycles. The van der Waals surface area contributed by atoms with Crippen molar-refractivity contribution < 1.29 is 10.2 Å². The summed E-state index contributed by atoms with van der Waals surface area (Å²) in [6.45, 7) is 11.7. The zero-order chi connectivity index (χ0) is 19.6. The molecule has 0 radical (unpaired) electrons. The third-order valence-electron chi connectivity index (χ3n) is 4.98. The SMILES string of the molecule is CC(C)(C)C(O)(C#CC(O)(c1ccccc1)C(C)(C)C)c1ccccc1. The van der Waals surface area contributed by atoms with Crippen molar-refractivity contribution in [1.29, 1.82) is 0 Å². The minimum atomic E-state index is -1.39. The van der Waals surface area contributed by atoms with Crippen LogP contribution in [0.1, 0.15) is 52.7 Å². The van der Waals surface area contributed by atoms with Crippen molar-refractivity contribution in [3.05, 3.63) is 71.8 Å². The first-order valence-electron chi connectivity index (χ1n) is 9.02. The summed E-state index contributed by atoms with van der Waals surface area (Å²) in [6.07, 6.45) is 0. The Morgan fingerprint density at radius 2 is 0.808 bits per heavy atom. The van der Waals surface area contributed by atoms with E-state index >= 15 is 0 Å². The van der Waals surface area contributed by atoms with Gasteiger partial charge in [0.15, 0.2) is 11.2 Å². The Morgan fingerprint density at radius 1 is 0.538 bits per heavy atom. The quantitative estimate of drug-likeness (QED) is 0.760. The molecule has 138 valence electrons. The molecule has 0 aliphatic carbocycles. The van der Waals surface area contributed by atoms with Crippen molar-refractivity contribution in [1.82, 2.24) is 0 Å². The molecule has 0 saturated carbocycles. The molecule has 0 aromatic heterocycles. The lowest BCUT2D eigenvalue weighted by Gasteiger charge is -2.39. The molecule has 2 rings (SSSR count). The molecule has 0 spiro atoms. The lowest BCUT2D eigenvalue weighted by Crippen LogP contribution is -2.42. The minimum absolute atomic E-state index is 0.531. The fourth-order valence-electron chi connectivity index (χ4n) is 2.92. The zero-order valence-corrected chi connectivity index (χ0v) is 16.7. The first-order chi connectivity index (χ1) is 11.9. The van der Waals surface area contributed by atoms with Crippen LogP contribution in [0, 0.1) is 22.7 Å². The fraction of sp³-hybridized carbons (Fsp3) is 0.417. The van der Waals surface area contributed by atoms with E-state index < -0.39 is 22.0 Å². The molecular formula is C24H30O2. The second kappa shape index (κ2) is 6.91. The van der Waals surface area contributed by atoms with Gasteiger partial charge in [-0.1, -0.05) is 114 Å². The maximum atomic E-state index is 11.5. The van der Waals surface area contributed by atoms with E-state index in [-0.39, 0.29) is 0 Å². The van der Waals surface area contributed by atoms with Crippen LogP contribution in [0.2, 0.25) is 0 Å². The molecule has 2 atom stereocenters. The molecule has 0 fully saturated rings. The van der Waals surface area contributed by atoms with Gasteiger partial charge in [-0.05, 0) is 11.1 Å². The van der Waals surface area contributed by atoms with Crippen LogP contribution in [0.15, 0.2) is 60.7 Å². The van der Waals surface area contributed by atoms with Crippen molar-refractivity contribution in [2.45, 2.75) is 52.7 Å². The highest BCUT2D eigenvalue weighted by molar-refractivity contribution is 5.40. The maximum Gasteiger partial charge on any atom is 0.155 e. The zero-order valence-electron chi connectivity index (χ0n) is 16.7. The third kappa shape index (κ3) is 3.70. The maximum absolute atomic E-state index is 11.5. The van der Waals surface area contributed by atoms with Crippen molar-refractivity contribution in [2.75, 3.05) is 0 Å². The molecule has 0 amide bonds. The largest absolute Gasteiger partial charge is 0.373 e. The molecule has 0 aliphatic heterocycles. The summed E-state index contributed by atoms with van der Waals surface area (Å²) in [5, 5.41) is 23.0. The minimum Gasteiger partial charge on any atom is -0.373 e. The smallest absolute Gasteiger partial charge is 0.155 e. The van der Waals surface area contributed by atoms with E-state index in [1.807, 2.05) is 102 Å². The Morgan fingerprint density at radius 3 is 1.04 bits per heavy atom. The van der Waals surface area contributed by atoms with E-state index in [1.54, 1.807) is 0 Å². The van der Waals surface area contributed by atoms with Gasteiger partial charge in [-0.25, -0.2) is 0 Å². The normalized spacial score (nSPS) is 16.8. The van der Waals surface area contributed by atoms with E-state index in [0.717, 1.165) is 11.1 Å². The second-order valence-electron chi connectivity index (χ2n) is 8.90. The predicted molar refractivity (Wildman–Crippen MR) is 107 cm³/mol. The van der Waals surface area contributed by atoms with E-state index in [4.69, 9.17) is 0 Å². The Bertz CT molecular complexity index is 718. The van der Waals surface area contributed by atoms with Crippen LogP contribution < -0.4 is 0 Å². The van der Waals surface area contributed by atoms with Gasteiger partial charge < -0.3 is 10.2 Å². The van der Waals surface area contributed by atoms with Crippen LogP contribution in [0.4, 0.5) is 0 Å². The third-order valence-corrected chi connectivity index (χ3v) is 4.98. The van der Waals surface area contributed by atoms with Gasteiger partial charge in [0.2, 0.25) is 0 Å². The molecule has 26 heavy (non-hydrogen) atoms. The molecule has 2 unspecified atom stereocenters. The molecule has 0 aliphatic rings. The Balaban J connectivity index is 2.67. The van der Waals surface area contributed by atoms with Gasteiger partial charge in [0.1, 0.15) is 0 Å². The molecule has 2 aromatic carbocycles. The van der Waals surface area contributed by atoms with Crippen molar-refractivity contribution >= 4 is 0 Å². The molecule has 2 nitrogen and oxygen atoms in total. The number of rotatable bonds is 2. The van der Waals surface area contributed by atoms with Crippen molar-refractivity contribution in [3.8, 4) is 11.8 Å². The Labute approximate surface area is 157 Å². The van der Waals surface area contributed by atoms with E-state index in [2.05, 4.69) is 11.8 Å². The predicted octanol–water partition coefficient (Wildman–Crippen LogP) is 4.86. The van der Waals surface area contributed by atoms with E-state index in [9.17, 15) is 10.2 Å². The van der Waals surface area contributed by atoms with Crippen LogP contribution in [0.3, 0.4) is 0 Å². The molecular weight excluding hydrogens is 320 g/mol. The summed E-state index contributed by atoms with van der Waals surface area (Å²) in [7, 11) is 0. The number of hydrogen-bond acceptors (Lipinski definition) is 2. The van der Waals surface area contributed by atoms with Crippen LogP contribution >= 0.6 is 0 Å². The Hall–Kier alpha value is -2.08. The summed E-state index contributed by atoms with van der Waals surface area (Å²) in [5.41, 5.74) is -2.38. The van der Waals surface area contributed by atoms with Crippen LogP contribution in [0.5, 0.6) is 0 Å². The summed E-state index contributed by atoms with van der Waals surface area (Å²) < 4.78 is 0. The lowest BCUT2D eigenvalue weighted by molar-refractivity contribution is -0.0198. The van der Waals surface area contributed by atoms with Gasteiger partial charge in [0.05, 0.1) is 0 Å². The second-order valence-corrected chi connectivity index (χ2v) is 8.90. The molecule has 2 aromatic rings. The first kappa shape index (κ1) is 20.2. The van der Waals surface area contributed by atoms with Crippen LogP contribution in [-0.4, -0.2) is 10.2 Å². The highest BCUT2D eigenvalue weighted by Gasteiger charge is 2.44. The number of aliphatic hydroxyl groups is 2. The lowest BCUT2D eigenvalue weighted by atomic mass is 9.69. The summed E-state index contributed by atoms with van der Waals surface area (Å²) in [5.74, 6) is 6.11. The van der Waals surface area contributed by atoms with Crippen molar-refractivity contribution in [3.63, 3.8) is 0 Å². The average molecular weight is 351 g/mol. The van der Waals surface area contributed by atoms with Crippen LogP contribution in [-0.2, 0) is 11.2 Å². The van der Waals surface area contributed by atoms with Gasteiger partial charge in [0.25, 0.3) is 0 Å². The molecule has 0 bridgehead atoms. The standard InChI is InChI=1S/C24H30O2/c1-21(2,3)23(25,19-13-9-7-10-14-19)17-18-24(26,22(4,5)6)20-15-11-8-12-16-20/h7-16,25-26H,1-6H3. The highest BCUT2D eigenvalue weighted by Crippen LogP contribution is 2.42. The van der Waals surface area contributed by atoms with E-state index in [1.165, 1.54) is 0 Å². The van der Waals surface area contributed by atoms with Crippen molar-refractivity contribution in [2.24, 2.45) is 10.8 Å². The van der Waals surface area contributed by atoms with Gasteiger partial charge >= 0.3 is 0 Å². The molecule has 2 N–H and O–H groups in total. The highest BCUT2D eigenvalue weighted by atomic mass is 16.3. The first-order valence-corrected chi connectivity index (χ1v) is 9.02. The topological polar surface area (TPSA) is 40.5 Å². The van der Waals surface area contributed by atoms with Gasteiger partial charge in [-0.3, -0.25) is 0 Å². The van der Waals surface area contributed by atoms with Gasteiger partial charge in [0, 0.05) is 10.8 Å². The summed E-state index contributed by atoms with van der Waals surface area (Å²) in [4.78, 5) is 0. The number of hydrogen-bond donors (Lipinski definition) is 2. The molecule has 0 saturated heterocycles. The average Bonchev–Trinajstić information content (AvgIpc) is 2.59. The fourth-order valence-corrected chi connectivity index (χ4v) is 2.92. The summed E-state index contributed by atoms with van der Waals surface area (Å²) >= 11 is 0. The Kier molecular flexibility index (Phi) is 5.38.